The van der Waals surface area contributed by atoms with Crippen molar-refractivity contribution in [2.75, 3.05) is 51.3 Å². The number of Topliss-reactive ketones (excluding diaryl/α,β-unsaturated/α-hetero) is 1. The van der Waals surface area contributed by atoms with Gasteiger partial charge in [0.05, 0.1) is 33.3 Å². The molecule has 162 valence electrons. The second kappa shape index (κ2) is 9.96. The lowest BCUT2D eigenvalue weighted by atomic mass is 10.1. The maximum absolute atomic E-state index is 11.5. The van der Waals surface area contributed by atoms with E-state index in [2.05, 4.69) is 36.9 Å². The largest absolute Gasteiger partial charge is 0.493 e. The standard InChI is InChI=1S/C24H32N2O4/c1-17-11-18(2)13-21(12-17)26-9-7-25(8-10-26)15-22(28)16-30-23-6-5-20(19(3)27)14-24(23)29-4/h5-6,11-14,22,28H,7-10,15-16H2,1-4H3/p+1/t22-/m1/s1. The number of nitrogens with zero attached hydrogens (tertiary/aromatic N) is 1. The molecule has 6 nitrogen and oxygen atoms in total. The third-order valence-electron chi connectivity index (χ3n) is 5.57. The van der Waals surface area contributed by atoms with E-state index in [1.54, 1.807) is 25.3 Å². The van der Waals surface area contributed by atoms with E-state index in [0.717, 1.165) is 26.2 Å². The summed E-state index contributed by atoms with van der Waals surface area (Å²) in [4.78, 5) is 15.3. The third-order valence-corrected chi connectivity index (χ3v) is 5.57. The molecule has 2 aromatic carbocycles. The van der Waals surface area contributed by atoms with Crippen LogP contribution in [0.3, 0.4) is 0 Å². The Morgan fingerprint density at radius 1 is 1.10 bits per heavy atom. The maximum atomic E-state index is 11.5. The number of hydrogen-bond donors (Lipinski definition) is 2. The highest BCUT2D eigenvalue weighted by Gasteiger charge is 2.23. The van der Waals surface area contributed by atoms with E-state index in [4.69, 9.17) is 9.47 Å². The molecule has 0 amide bonds. The number of anilines is 1. The Bertz CT molecular complexity index is 855. The van der Waals surface area contributed by atoms with Gasteiger partial charge in [0.1, 0.15) is 19.3 Å². The second-order valence-corrected chi connectivity index (χ2v) is 8.17. The lowest BCUT2D eigenvalue weighted by Gasteiger charge is -2.34. The number of carbonyl (C=O) groups excluding carboxylic acids is 1. The zero-order valence-corrected chi connectivity index (χ0v) is 18.4. The van der Waals surface area contributed by atoms with Gasteiger partial charge < -0.3 is 24.4 Å². The molecule has 0 spiro atoms. The Balaban J connectivity index is 1.48. The van der Waals surface area contributed by atoms with Crippen LogP contribution in [0.4, 0.5) is 5.69 Å². The monoisotopic (exact) mass is 413 g/mol. The van der Waals surface area contributed by atoms with E-state index >= 15 is 0 Å². The van der Waals surface area contributed by atoms with Gasteiger partial charge in [-0.2, -0.15) is 0 Å². The summed E-state index contributed by atoms with van der Waals surface area (Å²) < 4.78 is 11.1. The number of methoxy groups -OCH3 is 1. The molecule has 1 heterocycles. The van der Waals surface area contributed by atoms with Crippen molar-refractivity contribution in [1.29, 1.82) is 0 Å². The highest BCUT2D eigenvalue weighted by Crippen LogP contribution is 2.28. The zero-order chi connectivity index (χ0) is 21.7. The Hall–Kier alpha value is -2.57. The van der Waals surface area contributed by atoms with E-state index in [-0.39, 0.29) is 12.4 Å². The van der Waals surface area contributed by atoms with E-state index in [0.29, 0.717) is 23.6 Å². The normalized spacial score (nSPS) is 15.7. The van der Waals surface area contributed by atoms with Crippen LogP contribution >= 0.6 is 0 Å². The summed E-state index contributed by atoms with van der Waals surface area (Å²) in [7, 11) is 1.54. The first-order valence-electron chi connectivity index (χ1n) is 10.5. The molecule has 3 rings (SSSR count). The number of aliphatic hydroxyl groups is 1. The number of piperazine rings is 1. The van der Waals surface area contributed by atoms with E-state index in [1.807, 2.05) is 0 Å². The van der Waals surface area contributed by atoms with Gasteiger partial charge in [0.2, 0.25) is 0 Å². The number of aryl methyl sites for hydroxylation is 2. The predicted molar refractivity (Wildman–Crippen MR) is 118 cm³/mol. The van der Waals surface area contributed by atoms with Crippen LogP contribution in [-0.2, 0) is 0 Å². The van der Waals surface area contributed by atoms with Crippen molar-refractivity contribution >= 4 is 11.5 Å². The maximum Gasteiger partial charge on any atom is 0.161 e. The van der Waals surface area contributed by atoms with Gasteiger partial charge in [-0.1, -0.05) is 6.07 Å². The number of ether oxygens (including phenoxy) is 2. The predicted octanol–water partition coefficient (Wildman–Crippen LogP) is 1.66. The number of hydrogen-bond acceptors (Lipinski definition) is 5. The Morgan fingerprint density at radius 3 is 2.37 bits per heavy atom. The SMILES string of the molecule is COc1cc(C(C)=O)ccc1OC[C@H](O)C[NH+]1CCN(c2cc(C)cc(C)c2)CC1. The number of carbonyl (C=O) groups is 1. The summed E-state index contributed by atoms with van der Waals surface area (Å²) in [6.07, 6.45) is -0.565. The molecule has 0 radical (unpaired) electrons. The number of ketones is 1. The van der Waals surface area contributed by atoms with Crippen LogP contribution in [0, 0.1) is 13.8 Å². The molecule has 1 atom stereocenters. The van der Waals surface area contributed by atoms with Crippen LogP contribution in [0.25, 0.3) is 0 Å². The van der Waals surface area contributed by atoms with Crippen molar-refractivity contribution in [2.24, 2.45) is 0 Å². The Kier molecular flexibility index (Phi) is 7.34. The Labute approximate surface area is 179 Å². The molecule has 6 heteroatoms. The quantitative estimate of drug-likeness (QED) is 0.645. The fourth-order valence-electron chi connectivity index (χ4n) is 4.00. The minimum absolute atomic E-state index is 0.0246. The fraction of sp³-hybridized carbons (Fsp3) is 0.458. The number of nitrogens with one attached hydrogen (secondary N) is 1. The number of rotatable bonds is 8. The van der Waals surface area contributed by atoms with Crippen LogP contribution in [0.2, 0.25) is 0 Å². The summed E-state index contributed by atoms with van der Waals surface area (Å²) in [5, 5.41) is 10.5. The van der Waals surface area contributed by atoms with Crippen LogP contribution in [0.5, 0.6) is 11.5 Å². The molecule has 1 fully saturated rings. The van der Waals surface area contributed by atoms with Gasteiger partial charge in [0, 0.05) is 11.3 Å². The number of benzene rings is 2. The highest BCUT2D eigenvalue weighted by molar-refractivity contribution is 5.94. The molecule has 2 aromatic rings. The molecule has 0 bridgehead atoms. The van der Waals surface area contributed by atoms with Crippen LogP contribution in [-0.4, -0.2) is 63.4 Å². The molecule has 0 aliphatic carbocycles. The van der Waals surface area contributed by atoms with Gasteiger partial charge in [-0.15, -0.1) is 0 Å². The van der Waals surface area contributed by atoms with Gasteiger partial charge in [-0.25, -0.2) is 0 Å². The topological polar surface area (TPSA) is 63.4 Å². The van der Waals surface area contributed by atoms with E-state index in [1.165, 1.54) is 28.6 Å². The lowest BCUT2D eigenvalue weighted by Crippen LogP contribution is -3.16. The Morgan fingerprint density at radius 2 is 1.77 bits per heavy atom. The van der Waals surface area contributed by atoms with Gasteiger partial charge in [-0.05, 0) is 62.2 Å². The molecule has 1 saturated heterocycles. The zero-order valence-electron chi connectivity index (χ0n) is 18.4. The van der Waals surface area contributed by atoms with Crippen molar-refractivity contribution in [3.8, 4) is 11.5 Å². The molecule has 30 heavy (non-hydrogen) atoms. The van der Waals surface area contributed by atoms with Crippen LogP contribution in [0.15, 0.2) is 36.4 Å². The first-order chi connectivity index (χ1) is 14.4. The molecule has 0 unspecified atom stereocenters. The minimum atomic E-state index is -0.565. The van der Waals surface area contributed by atoms with Crippen LogP contribution in [0.1, 0.15) is 28.4 Å². The average molecular weight is 414 g/mol. The molecular weight excluding hydrogens is 380 g/mol. The summed E-state index contributed by atoms with van der Waals surface area (Å²) in [5.41, 5.74) is 4.45. The summed E-state index contributed by atoms with van der Waals surface area (Å²) in [6, 6.07) is 11.8. The fourth-order valence-corrected chi connectivity index (χ4v) is 4.00. The molecule has 1 aliphatic heterocycles. The first-order valence-corrected chi connectivity index (χ1v) is 10.5. The number of aliphatic hydroxyl groups excluding tert-OH is 1. The molecular formula is C24H33N2O4+. The summed E-state index contributed by atoms with van der Waals surface area (Å²) in [5.74, 6) is 1.02. The summed E-state index contributed by atoms with van der Waals surface area (Å²) in [6.45, 7) is 10.6. The van der Waals surface area contributed by atoms with Gasteiger partial charge >= 0.3 is 0 Å². The van der Waals surface area contributed by atoms with Gasteiger partial charge in [-0.3, -0.25) is 4.79 Å². The summed E-state index contributed by atoms with van der Waals surface area (Å²) >= 11 is 0. The smallest absolute Gasteiger partial charge is 0.161 e. The first kappa shape index (κ1) is 22.1. The van der Waals surface area contributed by atoms with E-state index in [9.17, 15) is 9.90 Å². The minimum Gasteiger partial charge on any atom is -0.493 e. The van der Waals surface area contributed by atoms with Crippen molar-refractivity contribution in [2.45, 2.75) is 26.9 Å². The second-order valence-electron chi connectivity index (χ2n) is 8.17. The van der Waals surface area contributed by atoms with Crippen molar-refractivity contribution in [3.63, 3.8) is 0 Å². The molecule has 0 aromatic heterocycles. The lowest BCUT2D eigenvalue weighted by molar-refractivity contribution is -0.903. The van der Waals surface area contributed by atoms with Crippen molar-refractivity contribution in [1.82, 2.24) is 0 Å². The highest BCUT2D eigenvalue weighted by atomic mass is 16.5. The van der Waals surface area contributed by atoms with Crippen molar-refractivity contribution < 1.29 is 24.3 Å². The molecule has 0 saturated carbocycles. The third kappa shape index (κ3) is 5.74. The van der Waals surface area contributed by atoms with Gasteiger partial charge in [0.25, 0.3) is 0 Å². The van der Waals surface area contributed by atoms with Crippen LogP contribution < -0.4 is 19.3 Å². The van der Waals surface area contributed by atoms with Gasteiger partial charge in [0.15, 0.2) is 17.3 Å². The van der Waals surface area contributed by atoms with Crippen molar-refractivity contribution in [3.05, 3.63) is 53.1 Å². The average Bonchev–Trinajstić information content (AvgIpc) is 2.71. The molecule has 1 aliphatic rings. The molecule has 2 N–H and O–H groups in total. The number of quaternary nitrogens is 1. The van der Waals surface area contributed by atoms with E-state index < -0.39 is 6.10 Å².